The van der Waals surface area contributed by atoms with Gasteiger partial charge in [-0.3, -0.25) is 4.90 Å². The van der Waals surface area contributed by atoms with Crippen LogP contribution in [0.25, 0.3) is 0 Å². The van der Waals surface area contributed by atoms with Gasteiger partial charge >= 0.3 is 0 Å². The number of rotatable bonds is 7. The van der Waals surface area contributed by atoms with Gasteiger partial charge in [0.2, 0.25) is 0 Å². The molecule has 0 aromatic heterocycles. The van der Waals surface area contributed by atoms with Crippen molar-refractivity contribution in [2.45, 2.75) is 52.6 Å². The number of nitrogens with zero attached hydrogens (tertiary/aromatic N) is 1. The van der Waals surface area contributed by atoms with Crippen molar-refractivity contribution in [1.29, 1.82) is 0 Å². The Morgan fingerprint density at radius 1 is 0.846 bits per heavy atom. The molecular weight excluding hydrogens is 314 g/mol. The maximum Gasteiger partial charge on any atom is 0.0237 e. The van der Waals surface area contributed by atoms with E-state index in [2.05, 4.69) is 79.4 Å². The summed E-state index contributed by atoms with van der Waals surface area (Å²) in [6.07, 6.45) is 5.78. The van der Waals surface area contributed by atoms with E-state index in [1.807, 2.05) is 0 Å². The minimum absolute atomic E-state index is 0.604. The summed E-state index contributed by atoms with van der Waals surface area (Å²) in [5.74, 6) is 2.91. The molecule has 0 radical (unpaired) electrons. The highest BCUT2D eigenvalue weighted by molar-refractivity contribution is 5.17. The zero-order valence-corrected chi connectivity index (χ0v) is 16.4. The van der Waals surface area contributed by atoms with Crippen LogP contribution in [0.5, 0.6) is 0 Å². The Hall–Kier alpha value is -1.60. The number of fused-ring (bicyclic) bond motifs is 2. The van der Waals surface area contributed by atoms with Gasteiger partial charge in [0.05, 0.1) is 0 Å². The highest BCUT2D eigenvalue weighted by Gasteiger charge is 2.53. The molecule has 0 amide bonds. The predicted octanol–water partition coefficient (Wildman–Crippen LogP) is 6.15. The molecule has 5 rings (SSSR count). The molecular formula is C25H33N. The standard InChI is InChI=1S/C25H33N/c1-25(2)23-14-13-22(24(25)17-23)15-16-26(18-20-9-5-3-6-10-20)19-21-11-7-4-8-12-21/h3-12,22-24H,13-19H2,1-2H3. The Bertz CT molecular complexity index is 647. The van der Waals surface area contributed by atoms with Crippen molar-refractivity contribution < 1.29 is 0 Å². The Morgan fingerprint density at radius 2 is 1.42 bits per heavy atom. The van der Waals surface area contributed by atoms with Gasteiger partial charge in [-0.1, -0.05) is 74.5 Å². The van der Waals surface area contributed by atoms with E-state index in [4.69, 9.17) is 0 Å². The quantitative estimate of drug-likeness (QED) is 0.580. The van der Waals surface area contributed by atoms with Crippen LogP contribution in [0.15, 0.2) is 60.7 Å². The van der Waals surface area contributed by atoms with Gasteiger partial charge in [0.25, 0.3) is 0 Å². The first-order valence-corrected chi connectivity index (χ1v) is 10.4. The van der Waals surface area contributed by atoms with Crippen molar-refractivity contribution in [2.75, 3.05) is 6.54 Å². The topological polar surface area (TPSA) is 3.24 Å². The van der Waals surface area contributed by atoms with Crippen LogP contribution in [0.1, 0.15) is 50.7 Å². The van der Waals surface area contributed by atoms with Crippen LogP contribution < -0.4 is 0 Å². The van der Waals surface area contributed by atoms with Gasteiger partial charge in [-0.05, 0) is 66.5 Å². The molecule has 0 spiro atoms. The lowest BCUT2D eigenvalue weighted by Crippen LogP contribution is -2.52. The average Bonchev–Trinajstić information content (AvgIpc) is 2.68. The van der Waals surface area contributed by atoms with Crippen molar-refractivity contribution >= 4 is 0 Å². The van der Waals surface area contributed by atoms with Crippen molar-refractivity contribution in [3.8, 4) is 0 Å². The van der Waals surface area contributed by atoms with E-state index < -0.39 is 0 Å². The minimum Gasteiger partial charge on any atom is -0.295 e. The third kappa shape index (κ3) is 3.74. The predicted molar refractivity (Wildman–Crippen MR) is 110 cm³/mol. The lowest BCUT2D eigenvalue weighted by Gasteiger charge is -2.60. The van der Waals surface area contributed by atoms with Gasteiger partial charge in [0.15, 0.2) is 0 Å². The van der Waals surface area contributed by atoms with Crippen molar-refractivity contribution in [2.24, 2.45) is 23.2 Å². The second kappa shape index (κ2) is 7.56. The summed E-state index contributed by atoms with van der Waals surface area (Å²) in [5, 5.41) is 0. The molecule has 3 fully saturated rings. The van der Waals surface area contributed by atoms with Crippen molar-refractivity contribution in [1.82, 2.24) is 4.90 Å². The molecule has 0 saturated heterocycles. The normalized spacial score (nSPS) is 26.5. The Kier molecular flexibility index (Phi) is 5.18. The van der Waals surface area contributed by atoms with Gasteiger partial charge < -0.3 is 0 Å². The monoisotopic (exact) mass is 347 g/mol. The Balaban J connectivity index is 1.41. The summed E-state index contributed by atoms with van der Waals surface area (Å²) in [6, 6.07) is 21.9. The molecule has 2 aromatic carbocycles. The highest BCUT2D eigenvalue weighted by atomic mass is 15.1. The Morgan fingerprint density at radius 3 is 1.92 bits per heavy atom. The largest absolute Gasteiger partial charge is 0.295 e. The third-order valence-corrected chi connectivity index (χ3v) is 7.32. The van der Waals surface area contributed by atoms with E-state index in [1.165, 1.54) is 43.4 Å². The molecule has 26 heavy (non-hydrogen) atoms. The SMILES string of the molecule is CC1(C)C2CCC(CCN(Cc3ccccc3)Cc3ccccc3)C1C2. The molecule has 3 aliphatic carbocycles. The van der Waals surface area contributed by atoms with Crippen LogP contribution in [0.3, 0.4) is 0 Å². The molecule has 2 bridgehead atoms. The smallest absolute Gasteiger partial charge is 0.0237 e. The van der Waals surface area contributed by atoms with Gasteiger partial charge in [0, 0.05) is 13.1 Å². The van der Waals surface area contributed by atoms with Crippen LogP contribution in [0.2, 0.25) is 0 Å². The molecule has 3 unspecified atom stereocenters. The summed E-state index contributed by atoms with van der Waals surface area (Å²) in [6.45, 7) is 8.36. The molecule has 3 aliphatic rings. The van der Waals surface area contributed by atoms with Crippen molar-refractivity contribution in [3.05, 3.63) is 71.8 Å². The second-order valence-electron chi connectivity index (χ2n) is 9.17. The summed E-state index contributed by atoms with van der Waals surface area (Å²) in [5.41, 5.74) is 3.46. The molecule has 138 valence electrons. The van der Waals surface area contributed by atoms with E-state index in [0.29, 0.717) is 5.41 Å². The lowest BCUT2D eigenvalue weighted by molar-refractivity contribution is -0.108. The first kappa shape index (κ1) is 17.8. The molecule has 0 aliphatic heterocycles. The molecule has 3 saturated carbocycles. The van der Waals surface area contributed by atoms with Crippen LogP contribution in [-0.2, 0) is 13.1 Å². The van der Waals surface area contributed by atoms with E-state index in [-0.39, 0.29) is 0 Å². The lowest BCUT2D eigenvalue weighted by atomic mass is 9.45. The van der Waals surface area contributed by atoms with E-state index in [9.17, 15) is 0 Å². The fraction of sp³-hybridized carbons (Fsp3) is 0.520. The molecule has 2 aromatic rings. The average molecular weight is 348 g/mol. The number of hydrogen-bond donors (Lipinski definition) is 0. The van der Waals surface area contributed by atoms with E-state index in [1.54, 1.807) is 0 Å². The van der Waals surface area contributed by atoms with Crippen LogP contribution in [0, 0.1) is 23.2 Å². The summed E-state index contributed by atoms with van der Waals surface area (Å²) >= 11 is 0. The van der Waals surface area contributed by atoms with Crippen LogP contribution in [0.4, 0.5) is 0 Å². The maximum atomic E-state index is 2.66. The minimum atomic E-state index is 0.604. The first-order valence-electron chi connectivity index (χ1n) is 10.4. The second-order valence-corrected chi connectivity index (χ2v) is 9.17. The molecule has 1 heteroatoms. The third-order valence-electron chi connectivity index (χ3n) is 7.32. The number of benzene rings is 2. The molecule has 1 nitrogen and oxygen atoms in total. The molecule has 0 heterocycles. The van der Waals surface area contributed by atoms with Gasteiger partial charge in [-0.25, -0.2) is 0 Å². The summed E-state index contributed by atoms with van der Waals surface area (Å²) in [7, 11) is 0. The van der Waals surface area contributed by atoms with Crippen LogP contribution >= 0.6 is 0 Å². The summed E-state index contributed by atoms with van der Waals surface area (Å²) in [4.78, 5) is 2.66. The van der Waals surface area contributed by atoms with Gasteiger partial charge in [-0.2, -0.15) is 0 Å². The molecule has 0 N–H and O–H groups in total. The van der Waals surface area contributed by atoms with Gasteiger partial charge in [-0.15, -0.1) is 0 Å². The van der Waals surface area contributed by atoms with E-state index >= 15 is 0 Å². The van der Waals surface area contributed by atoms with Gasteiger partial charge in [0.1, 0.15) is 0 Å². The highest BCUT2D eigenvalue weighted by Crippen LogP contribution is 2.61. The summed E-state index contributed by atoms with van der Waals surface area (Å²) < 4.78 is 0. The fourth-order valence-electron chi connectivity index (χ4n) is 5.55. The molecule has 3 atom stereocenters. The Labute approximate surface area is 159 Å². The fourth-order valence-corrected chi connectivity index (χ4v) is 5.55. The number of hydrogen-bond acceptors (Lipinski definition) is 1. The zero-order valence-electron chi connectivity index (χ0n) is 16.4. The maximum absolute atomic E-state index is 2.66. The first-order chi connectivity index (χ1) is 12.6. The zero-order chi connectivity index (χ0) is 18.0. The van der Waals surface area contributed by atoms with Crippen LogP contribution in [-0.4, -0.2) is 11.4 Å². The van der Waals surface area contributed by atoms with Crippen molar-refractivity contribution in [3.63, 3.8) is 0 Å². The van der Waals surface area contributed by atoms with E-state index in [0.717, 1.165) is 30.8 Å².